The summed E-state index contributed by atoms with van der Waals surface area (Å²) in [5.41, 5.74) is 4.38. The summed E-state index contributed by atoms with van der Waals surface area (Å²) < 4.78 is 20.0. The van der Waals surface area contributed by atoms with E-state index in [9.17, 15) is 19.1 Å². The second kappa shape index (κ2) is 5.84. The van der Waals surface area contributed by atoms with E-state index in [0.717, 1.165) is 0 Å². The van der Waals surface area contributed by atoms with Gasteiger partial charge < -0.3 is 20.7 Å². The van der Waals surface area contributed by atoms with Crippen LogP contribution in [-0.4, -0.2) is 40.0 Å². The van der Waals surface area contributed by atoms with Gasteiger partial charge in [-0.25, -0.2) is 4.39 Å². The van der Waals surface area contributed by atoms with Crippen molar-refractivity contribution >= 4 is 35.1 Å². The second-order valence-electron chi connectivity index (χ2n) is 6.13. The molecule has 2 fully saturated rings. The SMILES string of the molecule is N[C@]1(C(=O)O)[C@@H]2[C@@H](C(=O)O)[C@@H]2[C@H](F)[C@H]1OCc1ccc(Cl)c(Cl)c1. The monoisotopic (exact) mass is 377 g/mol. The molecular weight excluding hydrogens is 364 g/mol. The first-order chi connectivity index (χ1) is 11.2. The minimum atomic E-state index is -2.08. The molecule has 2 aliphatic carbocycles. The topological polar surface area (TPSA) is 110 Å². The van der Waals surface area contributed by atoms with Gasteiger partial charge in [0.1, 0.15) is 17.8 Å². The van der Waals surface area contributed by atoms with E-state index < -0.39 is 47.5 Å². The number of carboxylic acid groups (broad SMARTS) is 2. The standard InChI is InChI=1S/C15H14Cl2FNO5/c16-6-2-1-5(3-7(6)17)4-24-12-11(18)8-9(13(20)21)10(8)15(12,19)14(22)23/h1-3,8-12H,4,19H2,(H,20,21)(H,22,23)/t8-,9-,10-,11-,12+,15+/m0/s1. The predicted octanol–water partition coefficient (Wildman–Crippen LogP) is 1.96. The highest BCUT2D eigenvalue weighted by Gasteiger charge is 2.79. The molecule has 0 bridgehead atoms. The number of halogens is 3. The van der Waals surface area contributed by atoms with Gasteiger partial charge in [-0.15, -0.1) is 0 Å². The number of carbonyl (C=O) groups is 2. The van der Waals surface area contributed by atoms with Crippen LogP contribution >= 0.6 is 23.2 Å². The lowest BCUT2D eigenvalue weighted by atomic mass is 9.88. The maximum absolute atomic E-state index is 14.6. The summed E-state index contributed by atoms with van der Waals surface area (Å²) in [6, 6.07) is 4.66. The van der Waals surface area contributed by atoms with Gasteiger partial charge in [0, 0.05) is 11.8 Å². The largest absolute Gasteiger partial charge is 0.481 e. The molecule has 0 spiro atoms. The number of carboxylic acids is 2. The summed E-state index contributed by atoms with van der Waals surface area (Å²) in [4.78, 5) is 22.7. The molecule has 0 radical (unpaired) electrons. The molecule has 0 saturated heterocycles. The van der Waals surface area contributed by atoms with Gasteiger partial charge in [-0.2, -0.15) is 0 Å². The number of ether oxygens (including phenoxy) is 1. The first kappa shape index (κ1) is 17.4. The Morgan fingerprint density at radius 1 is 1.29 bits per heavy atom. The molecule has 0 aromatic heterocycles. The van der Waals surface area contributed by atoms with Gasteiger partial charge in [0.05, 0.1) is 22.6 Å². The molecule has 2 aliphatic rings. The fraction of sp³-hybridized carbons (Fsp3) is 0.467. The van der Waals surface area contributed by atoms with Gasteiger partial charge in [-0.3, -0.25) is 9.59 Å². The molecule has 0 heterocycles. The van der Waals surface area contributed by atoms with Crippen molar-refractivity contribution in [2.75, 3.05) is 0 Å². The molecular formula is C15H14Cl2FNO5. The molecule has 24 heavy (non-hydrogen) atoms. The molecule has 0 aliphatic heterocycles. The zero-order chi connectivity index (χ0) is 17.8. The van der Waals surface area contributed by atoms with E-state index in [1.807, 2.05) is 0 Å². The first-order valence-corrected chi connectivity index (χ1v) is 7.89. The van der Waals surface area contributed by atoms with E-state index in [2.05, 4.69) is 0 Å². The van der Waals surface area contributed by atoms with Crippen LogP contribution in [0.3, 0.4) is 0 Å². The summed E-state index contributed by atoms with van der Waals surface area (Å²) in [5, 5.41) is 19.1. The molecule has 4 N–H and O–H groups in total. The van der Waals surface area contributed by atoms with Crippen molar-refractivity contribution in [3.05, 3.63) is 33.8 Å². The Morgan fingerprint density at radius 2 is 1.96 bits per heavy atom. The van der Waals surface area contributed by atoms with Crippen LogP contribution < -0.4 is 5.73 Å². The van der Waals surface area contributed by atoms with Crippen molar-refractivity contribution < 1.29 is 28.9 Å². The molecule has 9 heteroatoms. The molecule has 130 valence electrons. The van der Waals surface area contributed by atoms with Crippen LogP contribution in [0.25, 0.3) is 0 Å². The summed E-state index contributed by atoms with van der Waals surface area (Å²) in [6.45, 7) is -0.120. The van der Waals surface area contributed by atoms with Crippen molar-refractivity contribution in [2.45, 2.75) is 24.4 Å². The van der Waals surface area contributed by atoms with Gasteiger partial charge in [-0.05, 0) is 17.7 Å². The maximum atomic E-state index is 14.6. The van der Waals surface area contributed by atoms with E-state index in [1.54, 1.807) is 6.07 Å². The smallest absolute Gasteiger partial charge is 0.326 e. The van der Waals surface area contributed by atoms with E-state index >= 15 is 0 Å². The quantitative estimate of drug-likeness (QED) is 0.723. The number of fused-ring (bicyclic) bond motifs is 1. The zero-order valence-electron chi connectivity index (χ0n) is 12.2. The Morgan fingerprint density at radius 3 is 2.50 bits per heavy atom. The van der Waals surface area contributed by atoms with E-state index in [4.69, 9.17) is 38.8 Å². The third-order valence-corrected chi connectivity index (χ3v) is 5.56. The van der Waals surface area contributed by atoms with Crippen LogP contribution in [0.15, 0.2) is 18.2 Å². The van der Waals surface area contributed by atoms with E-state index in [-0.39, 0.29) is 11.6 Å². The number of rotatable bonds is 5. The Balaban J connectivity index is 1.79. The Kier molecular flexibility index (Phi) is 4.24. The number of alkyl halides is 1. The lowest BCUT2D eigenvalue weighted by Gasteiger charge is -2.31. The normalized spacial score (nSPS) is 37.1. The van der Waals surface area contributed by atoms with Crippen LogP contribution in [0.2, 0.25) is 10.0 Å². The minimum absolute atomic E-state index is 0.120. The summed E-state index contributed by atoms with van der Waals surface area (Å²) in [7, 11) is 0. The highest BCUT2D eigenvalue weighted by Crippen LogP contribution is 2.63. The summed E-state index contributed by atoms with van der Waals surface area (Å²) >= 11 is 11.7. The van der Waals surface area contributed by atoms with Gasteiger partial charge in [-0.1, -0.05) is 29.3 Å². The van der Waals surface area contributed by atoms with Crippen LogP contribution in [0.4, 0.5) is 4.39 Å². The summed E-state index contributed by atoms with van der Waals surface area (Å²) in [6.07, 6.45) is -3.20. The van der Waals surface area contributed by atoms with Crippen LogP contribution in [0, 0.1) is 17.8 Å². The van der Waals surface area contributed by atoms with Crippen molar-refractivity contribution in [3.8, 4) is 0 Å². The highest BCUT2D eigenvalue weighted by atomic mass is 35.5. The van der Waals surface area contributed by atoms with Crippen molar-refractivity contribution in [2.24, 2.45) is 23.5 Å². The Labute approximate surface area is 146 Å². The van der Waals surface area contributed by atoms with E-state index in [0.29, 0.717) is 10.6 Å². The van der Waals surface area contributed by atoms with E-state index in [1.165, 1.54) is 12.1 Å². The van der Waals surface area contributed by atoms with Crippen LogP contribution in [0.5, 0.6) is 0 Å². The molecule has 1 aromatic rings. The molecule has 2 saturated carbocycles. The Bertz CT molecular complexity index is 717. The average Bonchev–Trinajstić information content (AvgIpc) is 3.21. The molecule has 1 aromatic carbocycles. The number of benzene rings is 1. The first-order valence-electron chi connectivity index (χ1n) is 7.14. The number of hydrogen-bond acceptors (Lipinski definition) is 4. The van der Waals surface area contributed by atoms with Crippen LogP contribution in [0.1, 0.15) is 5.56 Å². The molecule has 3 rings (SSSR count). The molecule has 0 amide bonds. The fourth-order valence-electron chi connectivity index (χ4n) is 3.63. The molecule has 6 atom stereocenters. The highest BCUT2D eigenvalue weighted by molar-refractivity contribution is 6.42. The number of aliphatic carboxylic acids is 2. The minimum Gasteiger partial charge on any atom is -0.481 e. The predicted molar refractivity (Wildman–Crippen MR) is 82.6 cm³/mol. The molecule has 0 unspecified atom stereocenters. The van der Waals surface area contributed by atoms with Gasteiger partial charge in [0.25, 0.3) is 0 Å². The van der Waals surface area contributed by atoms with Gasteiger partial charge in [0.15, 0.2) is 0 Å². The lowest BCUT2D eigenvalue weighted by molar-refractivity contribution is -0.155. The lowest BCUT2D eigenvalue weighted by Crippen LogP contribution is -2.60. The zero-order valence-corrected chi connectivity index (χ0v) is 13.7. The Hall–Kier alpha value is -1.41. The van der Waals surface area contributed by atoms with Gasteiger partial charge in [0.2, 0.25) is 0 Å². The van der Waals surface area contributed by atoms with Crippen LogP contribution in [-0.2, 0) is 20.9 Å². The van der Waals surface area contributed by atoms with Crippen molar-refractivity contribution in [1.82, 2.24) is 0 Å². The average molecular weight is 378 g/mol. The molecule has 6 nitrogen and oxygen atoms in total. The van der Waals surface area contributed by atoms with Crippen molar-refractivity contribution in [3.63, 3.8) is 0 Å². The van der Waals surface area contributed by atoms with Gasteiger partial charge >= 0.3 is 11.9 Å². The van der Waals surface area contributed by atoms with Crippen molar-refractivity contribution in [1.29, 1.82) is 0 Å². The third kappa shape index (κ3) is 2.47. The maximum Gasteiger partial charge on any atom is 0.326 e. The third-order valence-electron chi connectivity index (χ3n) is 4.82. The summed E-state index contributed by atoms with van der Waals surface area (Å²) in [5.74, 6) is -5.73. The fourth-order valence-corrected chi connectivity index (χ4v) is 3.95. The second-order valence-corrected chi connectivity index (χ2v) is 6.94. The number of nitrogens with two attached hydrogens (primary N) is 1. The number of hydrogen-bond donors (Lipinski definition) is 3.